The first-order chi connectivity index (χ1) is 12.0. The van der Waals surface area contributed by atoms with E-state index >= 15 is 0 Å². The van der Waals surface area contributed by atoms with Gasteiger partial charge in [0.25, 0.3) is 0 Å². The van der Waals surface area contributed by atoms with Crippen molar-refractivity contribution in [2.45, 2.75) is 12.5 Å². The molecule has 0 bridgehead atoms. The van der Waals surface area contributed by atoms with E-state index in [0.717, 1.165) is 5.56 Å². The molecule has 5 nitrogen and oxygen atoms in total. The highest BCUT2D eigenvalue weighted by Crippen LogP contribution is 2.24. The second-order valence-electron chi connectivity index (χ2n) is 5.89. The molecule has 0 aliphatic carbocycles. The van der Waals surface area contributed by atoms with Gasteiger partial charge < -0.3 is 14.7 Å². The summed E-state index contributed by atoms with van der Waals surface area (Å²) in [5, 5.41) is 9.90. The maximum absolute atomic E-state index is 12.6. The summed E-state index contributed by atoms with van der Waals surface area (Å²) in [4.78, 5) is 25.6. The zero-order valence-corrected chi connectivity index (χ0v) is 14.3. The molecule has 1 saturated heterocycles. The van der Waals surface area contributed by atoms with Crippen LogP contribution in [-0.2, 0) is 16.0 Å². The van der Waals surface area contributed by atoms with Gasteiger partial charge in [-0.05, 0) is 29.3 Å². The first kappa shape index (κ1) is 17.5. The van der Waals surface area contributed by atoms with Gasteiger partial charge in [0, 0.05) is 11.6 Å². The monoisotopic (exact) mass is 359 g/mol. The summed E-state index contributed by atoms with van der Waals surface area (Å²) >= 11 is 5.91. The fourth-order valence-corrected chi connectivity index (χ4v) is 3.04. The molecule has 130 valence electrons. The molecule has 1 heterocycles. The third kappa shape index (κ3) is 4.18. The van der Waals surface area contributed by atoms with E-state index in [1.54, 1.807) is 35.2 Å². The number of ether oxygens (including phenoxy) is 1. The van der Waals surface area contributed by atoms with Crippen LogP contribution >= 0.6 is 11.6 Å². The van der Waals surface area contributed by atoms with Crippen LogP contribution in [0.1, 0.15) is 27.6 Å². The van der Waals surface area contributed by atoms with E-state index in [1.165, 1.54) is 6.07 Å². The van der Waals surface area contributed by atoms with Gasteiger partial charge in [0.2, 0.25) is 5.91 Å². The molecule has 0 radical (unpaired) electrons. The molecule has 0 saturated carbocycles. The van der Waals surface area contributed by atoms with Gasteiger partial charge in [-0.3, -0.25) is 4.79 Å². The zero-order valence-electron chi connectivity index (χ0n) is 13.5. The molecule has 0 aromatic heterocycles. The minimum absolute atomic E-state index is 0.0653. The van der Waals surface area contributed by atoms with Crippen LogP contribution in [-0.4, -0.2) is 41.6 Å². The topological polar surface area (TPSA) is 66.8 Å². The van der Waals surface area contributed by atoms with Crippen molar-refractivity contribution in [1.29, 1.82) is 0 Å². The van der Waals surface area contributed by atoms with E-state index in [2.05, 4.69) is 0 Å². The quantitative estimate of drug-likeness (QED) is 0.910. The first-order valence-corrected chi connectivity index (χ1v) is 8.38. The van der Waals surface area contributed by atoms with Crippen LogP contribution in [0.2, 0.25) is 5.02 Å². The van der Waals surface area contributed by atoms with Crippen molar-refractivity contribution in [3.63, 3.8) is 0 Å². The number of morpholine rings is 1. The van der Waals surface area contributed by atoms with Crippen molar-refractivity contribution in [3.05, 3.63) is 70.2 Å². The van der Waals surface area contributed by atoms with Crippen molar-refractivity contribution in [2.24, 2.45) is 0 Å². The second kappa shape index (κ2) is 7.68. The Kier molecular flexibility index (Phi) is 5.36. The number of rotatable bonds is 4. The molecular weight excluding hydrogens is 342 g/mol. The molecule has 3 rings (SSSR count). The number of hydrogen-bond acceptors (Lipinski definition) is 3. The summed E-state index contributed by atoms with van der Waals surface area (Å²) in [6, 6.07) is 14.0. The molecule has 1 fully saturated rings. The standard InChI is InChI=1S/C19H18ClNO4/c20-15-7-5-13(6-8-15)17-12-21(9-10-25-17)18(22)11-14-3-1-2-4-16(14)19(23)24/h1-8,17H,9-12H2,(H,23,24). The number of nitrogens with zero attached hydrogens (tertiary/aromatic N) is 1. The van der Waals surface area contributed by atoms with E-state index in [9.17, 15) is 14.7 Å². The highest BCUT2D eigenvalue weighted by Gasteiger charge is 2.26. The Morgan fingerprint density at radius 3 is 2.60 bits per heavy atom. The van der Waals surface area contributed by atoms with Gasteiger partial charge >= 0.3 is 5.97 Å². The average molecular weight is 360 g/mol. The van der Waals surface area contributed by atoms with Crippen molar-refractivity contribution in [1.82, 2.24) is 4.90 Å². The lowest BCUT2D eigenvalue weighted by Gasteiger charge is -2.33. The Labute approximate surface area is 150 Å². The summed E-state index contributed by atoms with van der Waals surface area (Å²) in [7, 11) is 0. The third-order valence-corrected chi connectivity index (χ3v) is 4.50. The number of carboxylic acid groups (broad SMARTS) is 1. The molecule has 2 aromatic rings. The Hall–Kier alpha value is -2.37. The van der Waals surface area contributed by atoms with Crippen molar-refractivity contribution < 1.29 is 19.4 Å². The predicted octanol–water partition coefficient (Wildman–Crippen LogP) is 3.18. The lowest BCUT2D eigenvalue weighted by Crippen LogP contribution is -2.43. The first-order valence-electron chi connectivity index (χ1n) is 8.00. The van der Waals surface area contributed by atoms with Crippen molar-refractivity contribution in [3.8, 4) is 0 Å². The van der Waals surface area contributed by atoms with Gasteiger partial charge in [-0.2, -0.15) is 0 Å². The van der Waals surface area contributed by atoms with Gasteiger partial charge in [0.05, 0.1) is 25.1 Å². The lowest BCUT2D eigenvalue weighted by molar-refractivity contribution is -0.138. The van der Waals surface area contributed by atoms with Crippen LogP contribution in [0.4, 0.5) is 0 Å². The second-order valence-corrected chi connectivity index (χ2v) is 6.33. The highest BCUT2D eigenvalue weighted by atomic mass is 35.5. The van der Waals surface area contributed by atoms with E-state index in [4.69, 9.17) is 16.3 Å². The normalized spacial score (nSPS) is 17.3. The number of carboxylic acids is 1. The summed E-state index contributed by atoms with van der Waals surface area (Å²) in [5.41, 5.74) is 1.65. The van der Waals surface area contributed by atoms with Crippen LogP contribution < -0.4 is 0 Å². The molecule has 1 amide bonds. The Morgan fingerprint density at radius 1 is 1.16 bits per heavy atom. The van der Waals surface area contributed by atoms with Crippen LogP contribution in [0, 0.1) is 0 Å². The number of carbonyl (C=O) groups excluding carboxylic acids is 1. The molecule has 1 aliphatic rings. The average Bonchev–Trinajstić information content (AvgIpc) is 2.62. The minimum Gasteiger partial charge on any atom is -0.478 e. The number of hydrogen-bond donors (Lipinski definition) is 1. The molecular formula is C19H18ClNO4. The maximum atomic E-state index is 12.6. The number of halogens is 1. The molecule has 2 aromatic carbocycles. The van der Waals surface area contributed by atoms with E-state index in [0.29, 0.717) is 30.3 Å². The van der Waals surface area contributed by atoms with Gasteiger partial charge in [-0.25, -0.2) is 4.79 Å². The molecule has 1 N–H and O–H groups in total. The largest absolute Gasteiger partial charge is 0.478 e. The Morgan fingerprint density at radius 2 is 1.88 bits per heavy atom. The molecule has 25 heavy (non-hydrogen) atoms. The SMILES string of the molecule is O=C(O)c1ccccc1CC(=O)N1CCOC(c2ccc(Cl)cc2)C1. The molecule has 1 aliphatic heterocycles. The van der Waals surface area contributed by atoms with E-state index in [-0.39, 0.29) is 24.0 Å². The smallest absolute Gasteiger partial charge is 0.335 e. The number of amides is 1. The minimum atomic E-state index is -1.02. The third-order valence-electron chi connectivity index (χ3n) is 4.25. The van der Waals surface area contributed by atoms with Gasteiger partial charge in [0.15, 0.2) is 0 Å². The molecule has 1 unspecified atom stereocenters. The molecule has 6 heteroatoms. The van der Waals surface area contributed by atoms with Crippen LogP contribution in [0.25, 0.3) is 0 Å². The Bertz CT molecular complexity index is 775. The van der Waals surface area contributed by atoms with Gasteiger partial charge in [0.1, 0.15) is 6.10 Å². The molecule has 0 spiro atoms. The summed E-state index contributed by atoms with van der Waals surface area (Å²) in [5.74, 6) is -1.12. The fraction of sp³-hybridized carbons (Fsp3) is 0.263. The maximum Gasteiger partial charge on any atom is 0.335 e. The van der Waals surface area contributed by atoms with Crippen molar-refractivity contribution >= 4 is 23.5 Å². The zero-order chi connectivity index (χ0) is 17.8. The molecule has 1 atom stereocenters. The number of aromatic carboxylic acids is 1. The van der Waals surface area contributed by atoms with E-state index < -0.39 is 5.97 Å². The predicted molar refractivity (Wildman–Crippen MR) is 93.8 cm³/mol. The van der Waals surface area contributed by atoms with Crippen LogP contribution in [0.15, 0.2) is 48.5 Å². The summed E-state index contributed by atoms with van der Waals surface area (Å²) in [6.45, 7) is 1.38. The Balaban J connectivity index is 1.70. The highest BCUT2D eigenvalue weighted by molar-refractivity contribution is 6.30. The fourth-order valence-electron chi connectivity index (χ4n) is 2.91. The van der Waals surface area contributed by atoms with Gasteiger partial charge in [-0.1, -0.05) is 41.9 Å². The summed E-state index contributed by atoms with van der Waals surface area (Å²) in [6.07, 6.45) is -0.139. The number of benzene rings is 2. The summed E-state index contributed by atoms with van der Waals surface area (Å²) < 4.78 is 5.77. The van der Waals surface area contributed by atoms with Crippen LogP contribution in [0.5, 0.6) is 0 Å². The van der Waals surface area contributed by atoms with Crippen molar-refractivity contribution in [2.75, 3.05) is 19.7 Å². The van der Waals surface area contributed by atoms with E-state index in [1.807, 2.05) is 12.1 Å². The number of carbonyl (C=O) groups is 2. The van der Waals surface area contributed by atoms with Gasteiger partial charge in [-0.15, -0.1) is 0 Å². The lowest BCUT2D eigenvalue weighted by atomic mass is 10.0. The van der Waals surface area contributed by atoms with Crippen LogP contribution in [0.3, 0.4) is 0 Å².